The summed E-state index contributed by atoms with van der Waals surface area (Å²) in [4.78, 5) is 11.7. The lowest BCUT2D eigenvalue weighted by Gasteiger charge is -2.13. The van der Waals surface area contributed by atoms with Gasteiger partial charge in [-0.2, -0.15) is 0 Å². The SMILES string of the molecule is N[C@H](CNc1cncc(/C=C/c2ccncc2)c1)Cc1c[nH]c2ccccc12. The molecule has 4 rings (SSSR count). The molecule has 0 aliphatic carbocycles. The molecule has 0 aliphatic rings. The molecule has 4 N–H and O–H groups in total. The molecule has 5 nitrogen and oxygen atoms in total. The highest BCUT2D eigenvalue weighted by Crippen LogP contribution is 2.19. The predicted molar refractivity (Wildman–Crippen MR) is 116 cm³/mol. The fourth-order valence-corrected chi connectivity index (χ4v) is 3.22. The number of nitrogens with one attached hydrogen (secondary N) is 2. The van der Waals surface area contributed by atoms with Crippen molar-refractivity contribution >= 4 is 28.7 Å². The zero-order valence-electron chi connectivity index (χ0n) is 15.5. The van der Waals surface area contributed by atoms with Crippen molar-refractivity contribution in [1.29, 1.82) is 0 Å². The van der Waals surface area contributed by atoms with Crippen molar-refractivity contribution in [2.75, 3.05) is 11.9 Å². The third kappa shape index (κ3) is 4.45. The summed E-state index contributed by atoms with van der Waals surface area (Å²) in [5.41, 5.74) is 11.9. The Hall–Kier alpha value is -3.44. The van der Waals surface area contributed by atoms with Crippen LogP contribution in [-0.2, 0) is 6.42 Å². The highest BCUT2D eigenvalue weighted by molar-refractivity contribution is 5.83. The Labute approximate surface area is 164 Å². The van der Waals surface area contributed by atoms with Gasteiger partial charge in [0.2, 0.25) is 0 Å². The van der Waals surface area contributed by atoms with Gasteiger partial charge >= 0.3 is 0 Å². The molecule has 5 heteroatoms. The number of H-pyrrole nitrogens is 1. The minimum absolute atomic E-state index is 0.00947. The number of hydrogen-bond acceptors (Lipinski definition) is 4. The lowest BCUT2D eigenvalue weighted by molar-refractivity contribution is 0.702. The molecule has 28 heavy (non-hydrogen) atoms. The fourth-order valence-electron chi connectivity index (χ4n) is 3.22. The third-order valence-electron chi connectivity index (χ3n) is 4.66. The topological polar surface area (TPSA) is 79.6 Å². The van der Waals surface area contributed by atoms with E-state index in [4.69, 9.17) is 5.73 Å². The molecule has 0 amide bonds. The first-order chi connectivity index (χ1) is 13.8. The van der Waals surface area contributed by atoms with Gasteiger partial charge in [0.1, 0.15) is 0 Å². The molecule has 140 valence electrons. The normalized spacial score (nSPS) is 12.5. The quantitative estimate of drug-likeness (QED) is 0.458. The molecule has 0 aliphatic heterocycles. The minimum Gasteiger partial charge on any atom is -0.382 e. The summed E-state index contributed by atoms with van der Waals surface area (Å²) in [6.07, 6.45) is 14.2. The van der Waals surface area contributed by atoms with Crippen molar-refractivity contribution in [3.63, 3.8) is 0 Å². The summed E-state index contributed by atoms with van der Waals surface area (Å²) in [6, 6.07) is 14.3. The fraction of sp³-hybridized carbons (Fsp3) is 0.130. The molecule has 1 atom stereocenters. The molecule has 0 saturated heterocycles. The molecule has 3 heterocycles. The molecular formula is C23H23N5. The van der Waals surface area contributed by atoms with Crippen LogP contribution >= 0.6 is 0 Å². The maximum atomic E-state index is 6.36. The summed E-state index contributed by atoms with van der Waals surface area (Å²) in [6.45, 7) is 0.679. The van der Waals surface area contributed by atoms with Crippen LogP contribution in [0, 0.1) is 0 Å². The van der Waals surface area contributed by atoms with E-state index in [1.807, 2.05) is 42.7 Å². The number of nitrogens with two attached hydrogens (primary N) is 1. The number of pyridine rings is 2. The second kappa shape index (κ2) is 8.50. The monoisotopic (exact) mass is 369 g/mol. The number of aromatic amines is 1. The molecule has 1 aromatic carbocycles. The molecule has 3 aromatic heterocycles. The Morgan fingerprint density at radius 1 is 1.00 bits per heavy atom. The van der Waals surface area contributed by atoms with Crippen LogP contribution in [0.4, 0.5) is 5.69 Å². The van der Waals surface area contributed by atoms with E-state index in [0.29, 0.717) is 6.54 Å². The third-order valence-corrected chi connectivity index (χ3v) is 4.66. The van der Waals surface area contributed by atoms with Crippen LogP contribution in [0.3, 0.4) is 0 Å². The van der Waals surface area contributed by atoms with E-state index in [1.54, 1.807) is 12.4 Å². The average Bonchev–Trinajstić information content (AvgIpc) is 3.15. The first kappa shape index (κ1) is 17.9. The number of para-hydroxylation sites is 1. The van der Waals surface area contributed by atoms with Crippen LogP contribution in [0.5, 0.6) is 0 Å². The van der Waals surface area contributed by atoms with Gasteiger partial charge in [0.25, 0.3) is 0 Å². The lowest BCUT2D eigenvalue weighted by Crippen LogP contribution is -2.31. The Morgan fingerprint density at radius 2 is 1.82 bits per heavy atom. The second-order valence-electron chi connectivity index (χ2n) is 6.83. The van der Waals surface area contributed by atoms with Crippen LogP contribution in [-0.4, -0.2) is 27.5 Å². The standard InChI is InChI=1S/C23H23N5/c24-20(12-19-14-28-23-4-2-1-3-22(19)23)15-27-21-11-18(13-26-16-21)6-5-17-7-9-25-10-8-17/h1-11,13-14,16,20,27-28H,12,15,24H2/b6-5+/t20-/m0/s1. The summed E-state index contributed by atoms with van der Waals surface area (Å²) >= 11 is 0. The van der Waals surface area contributed by atoms with E-state index in [9.17, 15) is 0 Å². The molecule has 0 saturated carbocycles. The van der Waals surface area contributed by atoms with Crippen molar-refractivity contribution < 1.29 is 0 Å². The Morgan fingerprint density at radius 3 is 2.71 bits per heavy atom. The summed E-state index contributed by atoms with van der Waals surface area (Å²) in [5, 5.41) is 4.64. The van der Waals surface area contributed by atoms with Gasteiger partial charge in [-0.1, -0.05) is 30.4 Å². The summed E-state index contributed by atoms with van der Waals surface area (Å²) in [7, 11) is 0. The molecule has 0 radical (unpaired) electrons. The van der Waals surface area contributed by atoms with Crippen LogP contribution < -0.4 is 11.1 Å². The average molecular weight is 369 g/mol. The van der Waals surface area contributed by atoms with Crippen LogP contribution in [0.2, 0.25) is 0 Å². The van der Waals surface area contributed by atoms with Crippen molar-refractivity contribution in [1.82, 2.24) is 15.0 Å². The van der Waals surface area contributed by atoms with Gasteiger partial charge in [0.15, 0.2) is 0 Å². The number of rotatable bonds is 7. The van der Waals surface area contributed by atoms with Gasteiger partial charge in [0.05, 0.1) is 5.69 Å². The van der Waals surface area contributed by atoms with Gasteiger partial charge < -0.3 is 16.0 Å². The van der Waals surface area contributed by atoms with E-state index in [0.717, 1.165) is 28.8 Å². The molecular weight excluding hydrogens is 346 g/mol. The van der Waals surface area contributed by atoms with Gasteiger partial charge in [-0.05, 0) is 47.4 Å². The van der Waals surface area contributed by atoms with Crippen molar-refractivity contribution in [3.8, 4) is 0 Å². The van der Waals surface area contributed by atoms with Gasteiger partial charge in [-0.15, -0.1) is 0 Å². The van der Waals surface area contributed by atoms with Crippen molar-refractivity contribution in [2.24, 2.45) is 5.73 Å². The number of hydrogen-bond donors (Lipinski definition) is 3. The number of fused-ring (bicyclic) bond motifs is 1. The van der Waals surface area contributed by atoms with Crippen LogP contribution in [0.15, 0.2) is 73.4 Å². The molecule has 4 aromatic rings. The zero-order valence-corrected chi connectivity index (χ0v) is 15.5. The van der Waals surface area contributed by atoms with Gasteiger partial charge in [-0.25, -0.2) is 0 Å². The first-order valence-corrected chi connectivity index (χ1v) is 9.35. The van der Waals surface area contributed by atoms with Crippen LogP contribution in [0.25, 0.3) is 23.1 Å². The number of aromatic nitrogens is 3. The van der Waals surface area contributed by atoms with E-state index in [2.05, 4.69) is 50.7 Å². The van der Waals surface area contributed by atoms with E-state index in [1.165, 1.54) is 10.9 Å². The molecule has 0 spiro atoms. The Kier molecular flexibility index (Phi) is 5.45. The lowest BCUT2D eigenvalue weighted by atomic mass is 10.1. The minimum atomic E-state index is 0.00947. The first-order valence-electron chi connectivity index (χ1n) is 9.35. The maximum Gasteiger partial charge on any atom is 0.0533 e. The Balaban J connectivity index is 1.36. The summed E-state index contributed by atoms with van der Waals surface area (Å²) < 4.78 is 0. The molecule has 0 bridgehead atoms. The highest BCUT2D eigenvalue weighted by Gasteiger charge is 2.09. The van der Waals surface area contributed by atoms with Crippen LogP contribution in [0.1, 0.15) is 16.7 Å². The van der Waals surface area contributed by atoms with E-state index >= 15 is 0 Å². The predicted octanol–water partition coefficient (Wildman–Crippen LogP) is 4.11. The second-order valence-corrected chi connectivity index (χ2v) is 6.83. The van der Waals surface area contributed by atoms with Gasteiger partial charge in [0, 0.05) is 54.5 Å². The van der Waals surface area contributed by atoms with Gasteiger partial charge in [-0.3, -0.25) is 9.97 Å². The zero-order chi connectivity index (χ0) is 19.2. The maximum absolute atomic E-state index is 6.36. The largest absolute Gasteiger partial charge is 0.382 e. The highest BCUT2D eigenvalue weighted by atomic mass is 14.9. The molecule has 0 unspecified atom stereocenters. The molecule has 0 fully saturated rings. The smallest absolute Gasteiger partial charge is 0.0533 e. The number of benzene rings is 1. The van der Waals surface area contributed by atoms with Crippen molar-refractivity contribution in [2.45, 2.75) is 12.5 Å². The Bertz CT molecular complexity index is 1070. The van der Waals surface area contributed by atoms with Crippen molar-refractivity contribution in [3.05, 3.63) is 90.1 Å². The van der Waals surface area contributed by atoms with E-state index < -0.39 is 0 Å². The summed E-state index contributed by atoms with van der Waals surface area (Å²) in [5.74, 6) is 0. The number of nitrogens with zero attached hydrogens (tertiary/aromatic N) is 2. The number of anilines is 1. The van der Waals surface area contributed by atoms with E-state index in [-0.39, 0.29) is 6.04 Å².